The molecule has 0 spiro atoms. The Bertz CT molecular complexity index is 536. The van der Waals surface area contributed by atoms with Crippen molar-refractivity contribution in [3.8, 4) is 0 Å². The van der Waals surface area contributed by atoms with Gasteiger partial charge in [0.1, 0.15) is 4.34 Å². The summed E-state index contributed by atoms with van der Waals surface area (Å²) in [4.78, 5) is 14.8. The normalized spacial score (nSPS) is 10.7. The second-order valence-electron chi connectivity index (χ2n) is 3.80. The quantitative estimate of drug-likeness (QED) is 0.819. The van der Waals surface area contributed by atoms with E-state index in [4.69, 9.17) is 5.11 Å². The number of thiazole rings is 1. The molecule has 0 bridgehead atoms. The molecule has 0 radical (unpaired) electrons. The molecule has 0 saturated carbocycles. The van der Waals surface area contributed by atoms with E-state index in [0.29, 0.717) is 5.69 Å². The van der Waals surface area contributed by atoms with Crippen LogP contribution in [-0.2, 0) is 24.7 Å². The van der Waals surface area contributed by atoms with Gasteiger partial charge in [-0.1, -0.05) is 11.8 Å². The van der Waals surface area contributed by atoms with E-state index in [-0.39, 0.29) is 6.42 Å². The van der Waals surface area contributed by atoms with Gasteiger partial charge in [0.15, 0.2) is 0 Å². The monoisotopic (exact) mass is 283 g/mol. The van der Waals surface area contributed by atoms with E-state index in [1.165, 1.54) is 16.9 Å². The number of hydrogen-bond acceptors (Lipinski definition) is 5. The van der Waals surface area contributed by atoms with Crippen LogP contribution in [0.1, 0.15) is 11.3 Å². The van der Waals surface area contributed by atoms with Crippen molar-refractivity contribution in [1.29, 1.82) is 0 Å². The number of nitrogens with zero attached hydrogens (tertiary/aromatic N) is 3. The smallest absolute Gasteiger partial charge is 0.309 e. The Morgan fingerprint density at radius 2 is 2.44 bits per heavy atom. The number of thioether (sulfide) groups is 1. The number of aryl methyl sites for hydroxylation is 2. The summed E-state index contributed by atoms with van der Waals surface area (Å²) in [6.07, 6.45) is 4.79. The second kappa shape index (κ2) is 6.01. The van der Waals surface area contributed by atoms with Gasteiger partial charge < -0.3 is 5.11 Å². The third-order valence-electron chi connectivity index (χ3n) is 2.24. The molecule has 0 aliphatic rings. The minimum absolute atomic E-state index is 0.000332. The zero-order valence-electron chi connectivity index (χ0n) is 9.87. The minimum Gasteiger partial charge on any atom is -0.481 e. The summed E-state index contributed by atoms with van der Waals surface area (Å²) in [7, 11) is 1.90. The molecule has 2 aromatic heterocycles. The van der Waals surface area contributed by atoms with Crippen LogP contribution in [0.3, 0.4) is 0 Å². The summed E-state index contributed by atoms with van der Waals surface area (Å²) >= 11 is 3.15. The molecular formula is C11H13N3O2S2. The third kappa shape index (κ3) is 3.85. The molecule has 2 rings (SSSR count). The van der Waals surface area contributed by atoms with Crippen LogP contribution in [0.15, 0.2) is 22.1 Å². The van der Waals surface area contributed by atoms with Crippen molar-refractivity contribution in [3.63, 3.8) is 0 Å². The van der Waals surface area contributed by atoms with Crippen molar-refractivity contribution in [2.75, 3.05) is 5.75 Å². The molecule has 0 saturated heterocycles. The first-order valence-corrected chi connectivity index (χ1v) is 7.26. The van der Waals surface area contributed by atoms with Crippen molar-refractivity contribution in [2.24, 2.45) is 7.05 Å². The zero-order valence-corrected chi connectivity index (χ0v) is 11.5. The van der Waals surface area contributed by atoms with E-state index in [2.05, 4.69) is 10.1 Å². The third-order valence-corrected chi connectivity index (χ3v) is 4.31. The van der Waals surface area contributed by atoms with E-state index in [1.54, 1.807) is 21.8 Å². The lowest BCUT2D eigenvalue weighted by atomic mass is 10.3. The van der Waals surface area contributed by atoms with Gasteiger partial charge in [0.05, 0.1) is 18.3 Å². The van der Waals surface area contributed by atoms with Crippen LogP contribution in [-0.4, -0.2) is 31.6 Å². The maximum Gasteiger partial charge on any atom is 0.309 e. The van der Waals surface area contributed by atoms with Gasteiger partial charge in [0.25, 0.3) is 0 Å². The number of carbonyl (C=O) groups is 1. The molecule has 0 unspecified atom stereocenters. The topological polar surface area (TPSA) is 68.0 Å². The second-order valence-corrected chi connectivity index (χ2v) is 6.00. The van der Waals surface area contributed by atoms with Gasteiger partial charge in [-0.3, -0.25) is 9.48 Å². The van der Waals surface area contributed by atoms with Crippen LogP contribution in [0.25, 0.3) is 0 Å². The summed E-state index contributed by atoms with van der Waals surface area (Å²) in [6.45, 7) is 0. The highest BCUT2D eigenvalue weighted by Crippen LogP contribution is 2.23. The van der Waals surface area contributed by atoms with Crippen LogP contribution < -0.4 is 0 Å². The van der Waals surface area contributed by atoms with Gasteiger partial charge in [-0.2, -0.15) is 5.10 Å². The van der Waals surface area contributed by atoms with E-state index < -0.39 is 5.97 Å². The first-order valence-electron chi connectivity index (χ1n) is 5.40. The first-order chi connectivity index (χ1) is 8.63. The maximum atomic E-state index is 10.5. The van der Waals surface area contributed by atoms with Crippen molar-refractivity contribution >= 4 is 29.1 Å². The molecule has 18 heavy (non-hydrogen) atoms. The Balaban J connectivity index is 1.79. The number of aliphatic carboxylic acids is 1. The average Bonchev–Trinajstić information content (AvgIpc) is 2.88. The van der Waals surface area contributed by atoms with Crippen molar-refractivity contribution in [1.82, 2.24) is 14.8 Å². The maximum absolute atomic E-state index is 10.5. The molecule has 2 aromatic rings. The molecule has 1 N–H and O–H groups in total. The summed E-state index contributed by atoms with van der Waals surface area (Å²) in [5.74, 6) is 0.0818. The molecular weight excluding hydrogens is 270 g/mol. The lowest BCUT2D eigenvalue weighted by Gasteiger charge is -1.95. The summed E-state index contributed by atoms with van der Waals surface area (Å²) in [6, 6.07) is 0. The van der Waals surface area contributed by atoms with E-state index >= 15 is 0 Å². The molecule has 0 fully saturated rings. The van der Waals surface area contributed by atoms with Gasteiger partial charge in [0.2, 0.25) is 0 Å². The van der Waals surface area contributed by atoms with Crippen LogP contribution in [0.2, 0.25) is 0 Å². The number of carboxylic acids is 1. The highest BCUT2D eigenvalue weighted by Gasteiger charge is 2.06. The average molecular weight is 283 g/mol. The van der Waals surface area contributed by atoms with Crippen molar-refractivity contribution in [2.45, 2.75) is 17.2 Å². The molecule has 0 aliphatic carbocycles. The fourth-order valence-electron chi connectivity index (χ4n) is 1.45. The highest BCUT2D eigenvalue weighted by molar-refractivity contribution is 8.01. The number of carboxylic acid groups (broad SMARTS) is 1. The van der Waals surface area contributed by atoms with Gasteiger partial charge in [-0.25, -0.2) is 4.98 Å². The minimum atomic E-state index is -0.841. The predicted octanol–water partition coefficient (Wildman–Crippen LogP) is 1.84. The number of aromatic nitrogens is 3. The Labute approximate surface area is 113 Å². The fourth-order valence-corrected chi connectivity index (χ4v) is 3.35. The lowest BCUT2D eigenvalue weighted by molar-refractivity contribution is -0.136. The van der Waals surface area contributed by atoms with Gasteiger partial charge in [-0.05, 0) is 12.0 Å². The molecule has 96 valence electrons. The van der Waals surface area contributed by atoms with Crippen molar-refractivity contribution < 1.29 is 9.90 Å². The molecule has 0 amide bonds. The number of rotatable bonds is 6. The fraction of sp³-hybridized carbons (Fsp3) is 0.364. The van der Waals surface area contributed by atoms with Crippen LogP contribution in [0.4, 0.5) is 0 Å². The number of hydrogen-bond donors (Lipinski definition) is 1. The largest absolute Gasteiger partial charge is 0.481 e. The van der Waals surface area contributed by atoms with Crippen molar-refractivity contribution in [3.05, 3.63) is 29.0 Å². The summed E-state index contributed by atoms with van der Waals surface area (Å²) in [5, 5.41) is 14.6. The van der Waals surface area contributed by atoms with E-state index in [1.807, 2.05) is 19.4 Å². The van der Waals surface area contributed by atoms with Crippen LogP contribution in [0, 0.1) is 0 Å². The highest BCUT2D eigenvalue weighted by atomic mass is 32.2. The first kappa shape index (κ1) is 13.1. The van der Waals surface area contributed by atoms with Gasteiger partial charge in [0, 0.05) is 24.4 Å². The molecule has 7 heteroatoms. The molecule has 0 atom stereocenters. The van der Waals surface area contributed by atoms with Crippen LogP contribution >= 0.6 is 23.1 Å². The lowest BCUT2D eigenvalue weighted by Crippen LogP contribution is -1.99. The molecule has 5 nitrogen and oxygen atoms in total. The van der Waals surface area contributed by atoms with E-state index in [9.17, 15) is 4.79 Å². The molecule has 0 aromatic carbocycles. The molecule has 2 heterocycles. The summed E-state index contributed by atoms with van der Waals surface area (Å²) in [5.41, 5.74) is 1.84. The molecule has 0 aliphatic heterocycles. The Morgan fingerprint density at radius 3 is 3.11 bits per heavy atom. The standard InChI is InChI=1S/C11H13N3O2S2/c1-14-6-8(5-12-14)2-3-17-11-13-9(7-18-11)4-10(15)16/h5-7H,2-4H2,1H3,(H,15,16). The Morgan fingerprint density at radius 1 is 1.61 bits per heavy atom. The van der Waals surface area contributed by atoms with E-state index in [0.717, 1.165) is 16.5 Å². The SMILES string of the molecule is Cn1cc(CCSc2nc(CC(=O)O)cs2)cn1. The Kier molecular flexibility index (Phi) is 4.38. The zero-order chi connectivity index (χ0) is 13.0. The van der Waals surface area contributed by atoms with Gasteiger partial charge in [-0.15, -0.1) is 11.3 Å². The predicted molar refractivity (Wildman–Crippen MR) is 71.1 cm³/mol. The van der Waals surface area contributed by atoms with Gasteiger partial charge >= 0.3 is 5.97 Å². The Hall–Kier alpha value is -1.34. The summed E-state index contributed by atoms with van der Waals surface area (Å²) < 4.78 is 2.71. The van der Waals surface area contributed by atoms with Crippen LogP contribution in [0.5, 0.6) is 0 Å².